The molecule has 2 heterocycles. The summed E-state index contributed by atoms with van der Waals surface area (Å²) in [7, 11) is -3.48. The molecule has 0 radical (unpaired) electrons. The van der Waals surface area contributed by atoms with Crippen molar-refractivity contribution < 1.29 is 13.2 Å². The van der Waals surface area contributed by atoms with Crippen molar-refractivity contribution in [3.63, 3.8) is 0 Å². The Morgan fingerprint density at radius 2 is 1.61 bits per heavy atom. The highest BCUT2D eigenvalue weighted by Gasteiger charge is 2.56. The first-order chi connectivity index (χ1) is 13.5. The van der Waals surface area contributed by atoms with E-state index in [9.17, 15) is 13.2 Å². The van der Waals surface area contributed by atoms with Crippen molar-refractivity contribution in [2.45, 2.75) is 36.6 Å². The standard InChI is InChI=1S/C21H23N3O3S/c25-21(16-9-11-22-12-10-16)23-17-5-7-18(8-6-17)28(26,27)24-13-19(14-1-2-14)20(24)15-3-4-15/h5-12,14-15,19-20H,1-4,13H2,(H,23,25). The fourth-order valence-corrected chi connectivity index (χ4v) is 6.07. The third-order valence-electron chi connectivity index (χ3n) is 6.16. The molecular formula is C21H23N3O3S. The number of amides is 1. The maximum Gasteiger partial charge on any atom is 0.255 e. The van der Waals surface area contributed by atoms with Gasteiger partial charge in [-0.1, -0.05) is 0 Å². The normalized spacial score (nSPS) is 25.1. The van der Waals surface area contributed by atoms with E-state index in [1.807, 2.05) is 0 Å². The molecule has 3 fully saturated rings. The number of hydrogen-bond donors (Lipinski definition) is 1. The Bertz CT molecular complexity index is 983. The lowest BCUT2D eigenvalue weighted by atomic mass is 9.84. The Balaban J connectivity index is 1.30. The van der Waals surface area contributed by atoms with Crippen molar-refractivity contribution in [3.05, 3.63) is 54.4 Å². The van der Waals surface area contributed by atoms with Gasteiger partial charge in [-0.3, -0.25) is 9.78 Å². The highest BCUT2D eigenvalue weighted by molar-refractivity contribution is 7.89. The smallest absolute Gasteiger partial charge is 0.255 e. The molecule has 0 spiro atoms. The van der Waals surface area contributed by atoms with Crippen molar-refractivity contribution in [3.8, 4) is 0 Å². The van der Waals surface area contributed by atoms with Crippen molar-refractivity contribution in [2.24, 2.45) is 17.8 Å². The van der Waals surface area contributed by atoms with Gasteiger partial charge in [0, 0.05) is 36.2 Å². The quantitative estimate of drug-likeness (QED) is 0.812. The number of rotatable bonds is 6. The highest BCUT2D eigenvalue weighted by atomic mass is 32.2. The van der Waals surface area contributed by atoms with Crippen LogP contribution in [0.4, 0.5) is 5.69 Å². The summed E-state index contributed by atoms with van der Waals surface area (Å²) in [5.41, 5.74) is 1.07. The van der Waals surface area contributed by atoms with Crippen LogP contribution in [-0.2, 0) is 10.0 Å². The molecule has 2 unspecified atom stereocenters. The maximum atomic E-state index is 13.1. The Morgan fingerprint density at radius 1 is 0.964 bits per heavy atom. The van der Waals surface area contributed by atoms with Crippen LogP contribution in [0.3, 0.4) is 0 Å². The molecule has 1 amide bonds. The number of benzene rings is 1. The van der Waals surface area contributed by atoms with Gasteiger partial charge in [0.15, 0.2) is 0 Å². The lowest BCUT2D eigenvalue weighted by molar-refractivity contribution is 0.0657. The topological polar surface area (TPSA) is 79.4 Å². The molecule has 1 aromatic heterocycles. The summed E-state index contributed by atoms with van der Waals surface area (Å²) in [5.74, 6) is 1.60. The Hall–Kier alpha value is -2.25. The predicted molar refractivity (Wildman–Crippen MR) is 105 cm³/mol. The van der Waals surface area contributed by atoms with Gasteiger partial charge < -0.3 is 5.32 Å². The molecule has 1 N–H and O–H groups in total. The van der Waals surface area contributed by atoms with E-state index in [0.717, 1.165) is 18.8 Å². The van der Waals surface area contributed by atoms with Crippen LogP contribution in [0.2, 0.25) is 0 Å². The summed E-state index contributed by atoms with van der Waals surface area (Å²) >= 11 is 0. The van der Waals surface area contributed by atoms with Gasteiger partial charge in [-0.05, 0) is 79.8 Å². The lowest BCUT2D eigenvalue weighted by Crippen LogP contribution is -2.60. The van der Waals surface area contributed by atoms with Crippen molar-refractivity contribution in [1.82, 2.24) is 9.29 Å². The van der Waals surface area contributed by atoms with Gasteiger partial charge in [0.25, 0.3) is 5.91 Å². The first kappa shape index (κ1) is 17.8. The fraction of sp³-hybridized carbons (Fsp3) is 0.429. The van der Waals surface area contributed by atoms with Crippen LogP contribution in [0.25, 0.3) is 0 Å². The molecule has 2 saturated carbocycles. The van der Waals surface area contributed by atoms with Crippen LogP contribution in [0, 0.1) is 17.8 Å². The van der Waals surface area contributed by atoms with E-state index in [1.165, 1.54) is 12.8 Å². The maximum absolute atomic E-state index is 13.1. The Morgan fingerprint density at radius 3 is 2.21 bits per heavy atom. The number of sulfonamides is 1. The molecular weight excluding hydrogens is 374 g/mol. The number of nitrogens with one attached hydrogen (secondary N) is 1. The molecule has 7 heteroatoms. The fourth-order valence-electron chi connectivity index (χ4n) is 4.30. The zero-order valence-corrected chi connectivity index (χ0v) is 16.3. The molecule has 3 aliphatic rings. The van der Waals surface area contributed by atoms with E-state index in [4.69, 9.17) is 0 Å². The number of aromatic nitrogens is 1. The summed E-state index contributed by atoms with van der Waals surface area (Å²) < 4.78 is 28.0. The Kier molecular flexibility index (Phi) is 4.25. The average molecular weight is 398 g/mol. The second-order valence-electron chi connectivity index (χ2n) is 8.12. The summed E-state index contributed by atoms with van der Waals surface area (Å²) in [5, 5.41) is 2.79. The molecule has 28 heavy (non-hydrogen) atoms. The van der Waals surface area contributed by atoms with E-state index < -0.39 is 10.0 Å². The predicted octanol–water partition coefficient (Wildman–Crippen LogP) is 3.14. The van der Waals surface area contributed by atoms with Gasteiger partial charge in [0.05, 0.1) is 4.90 Å². The highest BCUT2D eigenvalue weighted by Crippen LogP contribution is 2.53. The molecule has 146 valence electrons. The number of anilines is 1. The molecule has 1 aliphatic heterocycles. The van der Waals surface area contributed by atoms with Crippen LogP contribution in [0.15, 0.2) is 53.7 Å². The summed E-state index contributed by atoms with van der Waals surface area (Å²) in [6.45, 7) is 0.661. The lowest BCUT2D eigenvalue weighted by Gasteiger charge is -2.47. The van der Waals surface area contributed by atoms with Gasteiger partial charge >= 0.3 is 0 Å². The summed E-state index contributed by atoms with van der Waals surface area (Å²) in [4.78, 5) is 16.4. The SMILES string of the molecule is O=C(Nc1ccc(S(=O)(=O)N2CC(C3CC3)C2C2CC2)cc1)c1ccncc1. The van der Waals surface area contributed by atoms with Gasteiger partial charge in [0.1, 0.15) is 0 Å². The minimum absolute atomic E-state index is 0.198. The molecule has 2 atom stereocenters. The number of carbonyl (C=O) groups excluding carboxylic acids is 1. The van der Waals surface area contributed by atoms with Crippen LogP contribution < -0.4 is 5.32 Å². The zero-order valence-electron chi connectivity index (χ0n) is 15.5. The average Bonchev–Trinajstić information content (AvgIpc) is 3.58. The largest absolute Gasteiger partial charge is 0.322 e. The third-order valence-corrected chi connectivity index (χ3v) is 8.03. The van der Waals surface area contributed by atoms with E-state index in [0.29, 0.717) is 34.5 Å². The monoisotopic (exact) mass is 397 g/mol. The van der Waals surface area contributed by atoms with Crippen LogP contribution in [-0.4, -0.2) is 36.2 Å². The first-order valence-corrected chi connectivity index (χ1v) is 11.3. The summed E-state index contributed by atoms with van der Waals surface area (Å²) in [6, 6.07) is 9.94. The van der Waals surface area contributed by atoms with Crippen molar-refractivity contribution in [1.29, 1.82) is 0 Å². The number of hydrogen-bond acceptors (Lipinski definition) is 4. The van der Waals surface area contributed by atoms with Crippen molar-refractivity contribution >= 4 is 21.6 Å². The molecule has 6 nitrogen and oxygen atoms in total. The molecule has 0 bridgehead atoms. The minimum Gasteiger partial charge on any atom is -0.322 e. The third kappa shape index (κ3) is 3.22. The zero-order chi connectivity index (χ0) is 19.3. The van der Waals surface area contributed by atoms with E-state index in [1.54, 1.807) is 53.1 Å². The van der Waals surface area contributed by atoms with E-state index >= 15 is 0 Å². The second kappa shape index (κ2) is 6.67. The summed E-state index contributed by atoms with van der Waals surface area (Å²) in [6.07, 6.45) is 7.94. The molecule has 2 aromatic rings. The molecule has 5 rings (SSSR count). The van der Waals surface area contributed by atoms with Gasteiger partial charge in [-0.2, -0.15) is 4.31 Å². The van der Waals surface area contributed by atoms with Gasteiger partial charge in [-0.25, -0.2) is 8.42 Å². The number of carbonyl (C=O) groups is 1. The first-order valence-electron chi connectivity index (χ1n) is 9.87. The molecule has 2 aliphatic carbocycles. The second-order valence-corrected chi connectivity index (χ2v) is 10.0. The number of pyridine rings is 1. The van der Waals surface area contributed by atoms with Crippen LogP contribution >= 0.6 is 0 Å². The molecule has 1 aromatic carbocycles. The Labute approximate surface area is 165 Å². The van der Waals surface area contributed by atoms with E-state index in [2.05, 4.69) is 10.3 Å². The van der Waals surface area contributed by atoms with Crippen molar-refractivity contribution in [2.75, 3.05) is 11.9 Å². The minimum atomic E-state index is -3.48. The molecule has 1 saturated heterocycles. The van der Waals surface area contributed by atoms with Crippen LogP contribution in [0.5, 0.6) is 0 Å². The number of nitrogens with zero attached hydrogens (tertiary/aromatic N) is 2. The van der Waals surface area contributed by atoms with E-state index in [-0.39, 0.29) is 11.9 Å². The van der Waals surface area contributed by atoms with Crippen LogP contribution in [0.1, 0.15) is 36.0 Å². The van der Waals surface area contributed by atoms with Gasteiger partial charge in [-0.15, -0.1) is 0 Å². The van der Waals surface area contributed by atoms with Gasteiger partial charge in [0.2, 0.25) is 10.0 Å².